The minimum atomic E-state index is -4.24. The molecule has 0 bridgehead atoms. The van der Waals surface area contributed by atoms with E-state index in [9.17, 15) is 23.3 Å². The zero-order valence-electron chi connectivity index (χ0n) is 18.3. The average molecular weight is 504 g/mol. The predicted octanol–water partition coefficient (Wildman–Crippen LogP) is 4.09. The van der Waals surface area contributed by atoms with Crippen LogP contribution in [0.15, 0.2) is 71.6 Å². The van der Waals surface area contributed by atoms with Crippen LogP contribution in [-0.4, -0.2) is 32.4 Å². The van der Waals surface area contributed by atoms with Crippen molar-refractivity contribution in [2.45, 2.75) is 24.3 Å². The lowest BCUT2D eigenvalue weighted by Gasteiger charge is -2.20. The van der Waals surface area contributed by atoms with E-state index in [1.807, 2.05) is 0 Å². The highest BCUT2D eigenvalue weighted by Crippen LogP contribution is 2.28. The molecule has 178 valence electrons. The van der Waals surface area contributed by atoms with Crippen molar-refractivity contribution in [3.05, 3.63) is 93.0 Å². The van der Waals surface area contributed by atoms with Crippen LogP contribution in [0.25, 0.3) is 0 Å². The lowest BCUT2D eigenvalue weighted by Crippen LogP contribution is -2.45. The van der Waals surface area contributed by atoms with E-state index >= 15 is 0 Å². The minimum Gasteiger partial charge on any atom is -0.495 e. The molecule has 0 saturated heterocycles. The topological polar surface area (TPSA) is 128 Å². The summed E-state index contributed by atoms with van der Waals surface area (Å²) in [6.07, 6.45) is 0.0305. The van der Waals surface area contributed by atoms with Crippen molar-refractivity contribution in [1.29, 1.82) is 0 Å². The van der Waals surface area contributed by atoms with Crippen molar-refractivity contribution in [2.24, 2.45) is 0 Å². The van der Waals surface area contributed by atoms with E-state index in [4.69, 9.17) is 16.3 Å². The molecule has 1 atom stereocenters. The van der Waals surface area contributed by atoms with Crippen LogP contribution in [0.5, 0.6) is 5.75 Å². The maximum Gasteiger partial charge on any atom is 0.271 e. The largest absolute Gasteiger partial charge is 0.495 e. The van der Waals surface area contributed by atoms with E-state index in [-0.39, 0.29) is 33.5 Å². The Morgan fingerprint density at radius 2 is 1.82 bits per heavy atom. The maximum atomic E-state index is 13.2. The maximum absolute atomic E-state index is 13.2. The van der Waals surface area contributed by atoms with E-state index < -0.39 is 26.9 Å². The summed E-state index contributed by atoms with van der Waals surface area (Å²) in [4.78, 5) is 23.6. The first-order valence-electron chi connectivity index (χ1n) is 10.1. The number of nitrogens with zero attached hydrogens (tertiary/aromatic N) is 1. The fourth-order valence-corrected chi connectivity index (χ4v) is 4.85. The smallest absolute Gasteiger partial charge is 0.271 e. The van der Waals surface area contributed by atoms with Crippen LogP contribution >= 0.6 is 11.6 Å². The predicted molar refractivity (Wildman–Crippen MR) is 129 cm³/mol. The van der Waals surface area contributed by atoms with Gasteiger partial charge >= 0.3 is 0 Å². The molecule has 0 heterocycles. The number of hydrogen-bond acceptors (Lipinski definition) is 6. The van der Waals surface area contributed by atoms with Gasteiger partial charge in [-0.05, 0) is 42.7 Å². The highest BCUT2D eigenvalue weighted by atomic mass is 35.5. The molecule has 0 spiro atoms. The number of methoxy groups -OCH3 is 1. The van der Waals surface area contributed by atoms with Crippen molar-refractivity contribution in [3.63, 3.8) is 0 Å². The van der Waals surface area contributed by atoms with Crippen molar-refractivity contribution < 1.29 is 22.9 Å². The van der Waals surface area contributed by atoms with Gasteiger partial charge in [-0.15, -0.1) is 0 Å². The van der Waals surface area contributed by atoms with Gasteiger partial charge in [0.05, 0.1) is 17.7 Å². The summed E-state index contributed by atoms with van der Waals surface area (Å²) in [6, 6.07) is 15.8. The van der Waals surface area contributed by atoms with Gasteiger partial charge in [-0.1, -0.05) is 48.0 Å². The van der Waals surface area contributed by atoms with E-state index in [1.165, 1.54) is 43.5 Å². The third-order valence-corrected chi connectivity index (χ3v) is 6.73. The number of halogens is 1. The molecule has 3 aromatic rings. The number of benzene rings is 3. The number of amides is 1. The average Bonchev–Trinajstić information content (AvgIpc) is 2.80. The number of anilines is 1. The molecule has 0 radical (unpaired) electrons. The number of sulfonamides is 1. The van der Waals surface area contributed by atoms with Gasteiger partial charge in [0.1, 0.15) is 16.7 Å². The second kappa shape index (κ2) is 10.6. The lowest BCUT2D eigenvalue weighted by molar-refractivity contribution is -0.384. The first-order chi connectivity index (χ1) is 16.1. The van der Waals surface area contributed by atoms with E-state index in [1.54, 1.807) is 37.3 Å². The number of nitrogens with one attached hydrogen (secondary N) is 2. The lowest BCUT2D eigenvalue weighted by atomic mass is 10.1. The van der Waals surface area contributed by atoms with Crippen LogP contribution < -0.4 is 14.8 Å². The fraction of sp³-hybridized carbons (Fsp3) is 0.174. The van der Waals surface area contributed by atoms with Gasteiger partial charge in [0.2, 0.25) is 15.9 Å². The van der Waals surface area contributed by atoms with Gasteiger partial charge < -0.3 is 10.1 Å². The molecular weight excluding hydrogens is 482 g/mol. The first-order valence-corrected chi connectivity index (χ1v) is 11.9. The summed E-state index contributed by atoms with van der Waals surface area (Å²) in [5, 5.41) is 13.9. The van der Waals surface area contributed by atoms with Crippen LogP contribution in [0.3, 0.4) is 0 Å². The number of non-ortho nitro benzene ring substituents is 1. The Bertz CT molecular complexity index is 1320. The van der Waals surface area contributed by atoms with E-state index in [0.29, 0.717) is 11.1 Å². The number of hydrogen-bond donors (Lipinski definition) is 2. The molecule has 11 heteroatoms. The summed E-state index contributed by atoms with van der Waals surface area (Å²) < 4.78 is 34.0. The number of nitro groups is 1. The van der Waals surface area contributed by atoms with Gasteiger partial charge in [-0.3, -0.25) is 14.9 Å². The number of nitro benzene ring substituents is 1. The molecule has 1 amide bonds. The second-order valence-electron chi connectivity index (χ2n) is 7.40. The Morgan fingerprint density at radius 3 is 2.47 bits per heavy atom. The molecule has 1 unspecified atom stereocenters. The molecule has 0 aliphatic rings. The molecule has 0 fully saturated rings. The van der Waals surface area contributed by atoms with Crippen molar-refractivity contribution >= 4 is 38.9 Å². The van der Waals surface area contributed by atoms with Crippen LogP contribution in [0.1, 0.15) is 11.1 Å². The quantitative estimate of drug-likeness (QED) is 0.334. The number of aryl methyl sites for hydroxylation is 1. The molecule has 3 aromatic carbocycles. The third kappa shape index (κ3) is 6.10. The molecule has 0 aliphatic heterocycles. The van der Waals surface area contributed by atoms with Gasteiger partial charge in [0.15, 0.2) is 0 Å². The van der Waals surface area contributed by atoms with Crippen molar-refractivity contribution in [1.82, 2.24) is 4.72 Å². The first kappa shape index (κ1) is 25.2. The Labute approximate surface area is 201 Å². The monoisotopic (exact) mass is 503 g/mol. The SMILES string of the molecule is COc1ccc(Cl)cc1S(=O)(=O)NC(Cc1ccccc1)C(=O)Nc1cc([N+](=O)[O-])ccc1C. The highest BCUT2D eigenvalue weighted by Gasteiger charge is 2.29. The summed E-state index contributed by atoms with van der Waals surface area (Å²) in [7, 11) is -2.92. The molecule has 34 heavy (non-hydrogen) atoms. The Hall–Kier alpha value is -3.47. The number of carbonyl (C=O) groups excluding carboxylic acids is 1. The summed E-state index contributed by atoms with van der Waals surface area (Å²) in [5.41, 5.74) is 1.29. The summed E-state index contributed by atoms with van der Waals surface area (Å²) in [5.74, 6) is -0.623. The third-order valence-electron chi connectivity index (χ3n) is 5.00. The molecule has 3 rings (SSSR count). The minimum absolute atomic E-state index is 0.0305. The van der Waals surface area contributed by atoms with Crippen LogP contribution in [0.2, 0.25) is 5.02 Å². The Kier molecular flexibility index (Phi) is 7.87. The normalized spacial score (nSPS) is 12.1. The molecular formula is C23H22ClN3O6S. The Morgan fingerprint density at radius 1 is 1.12 bits per heavy atom. The van der Waals surface area contributed by atoms with E-state index in [0.717, 1.165) is 0 Å². The zero-order chi connectivity index (χ0) is 24.9. The summed E-state index contributed by atoms with van der Waals surface area (Å²) >= 11 is 5.99. The molecule has 9 nitrogen and oxygen atoms in total. The molecule has 0 aliphatic carbocycles. The van der Waals surface area contributed by atoms with Crippen LogP contribution in [-0.2, 0) is 21.2 Å². The summed E-state index contributed by atoms with van der Waals surface area (Å²) in [6.45, 7) is 1.67. The van der Waals surface area contributed by atoms with Gasteiger partial charge in [0.25, 0.3) is 5.69 Å². The highest BCUT2D eigenvalue weighted by molar-refractivity contribution is 7.89. The van der Waals surface area contributed by atoms with Gasteiger partial charge in [0, 0.05) is 17.2 Å². The standard InChI is InChI=1S/C23H22ClN3O6S/c1-15-8-10-18(27(29)30)14-19(15)25-23(28)20(12-16-6-4-3-5-7-16)26-34(31,32)22-13-17(24)9-11-21(22)33-2/h3-11,13-14,20,26H,12H2,1-2H3,(H,25,28). The van der Waals surface area contributed by atoms with Gasteiger partial charge in [-0.25, -0.2) is 8.42 Å². The molecule has 0 saturated carbocycles. The molecule has 2 N–H and O–H groups in total. The van der Waals surface area contributed by atoms with Gasteiger partial charge in [-0.2, -0.15) is 4.72 Å². The Balaban J connectivity index is 1.96. The number of carbonyl (C=O) groups is 1. The van der Waals surface area contributed by atoms with Crippen molar-refractivity contribution in [2.75, 3.05) is 12.4 Å². The van der Waals surface area contributed by atoms with Crippen LogP contribution in [0, 0.1) is 17.0 Å². The number of ether oxygens (including phenoxy) is 1. The van der Waals surface area contributed by atoms with E-state index in [2.05, 4.69) is 10.0 Å². The fourth-order valence-electron chi connectivity index (χ4n) is 3.23. The number of rotatable bonds is 9. The molecule has 0 aromatic heterocycles. The van der Waals surface area contributed by atoms with Crippen LogP contribution in [0.4, 0.5) is 11.4 Å². The van der Waals surface area contributed by atoms with Crippen molar-refractivity contribution in [3.8, 4) is 5.75 Å². The second-order valence-corrected chi connectivity index (χ2v) is 9.52. The zero-order valence-corrected chi connectivity index (χ0v) is 19.9.